The molecule has 0 unspecified atom stereocenters. The lowest BCUT2D eigenvalue weighted by atomic mass is 10.2. The monoisotopic (exact) mass is 347 g/mol. The number of hydrogen-bond donors (Lipinski definition) is 3. The SMILES string of the molecule is Cc1ccc(NC(=O)C(=O)NNS(=O)(=O)c2ccc(C)cc2)cc1. The van der Waals surface area contributed by atoms with Gasteiger partial charge in [-0.25, -0.2) is 8.42 Å². The Morgan fingerprint density at radius 1 is 0.792 bits per heavy atom. The Hall–Kier alpha value is -2.71. The largest absolute Gasteiger partial charge is 0.324 e. The van der Waals surface area contributed by atoms with E-state index in [2.05, 4.69) is 5.32 Å². The second kappa shape index (κ2) is 7.24. The van der Waals surface area contributed by atoms with Crippen molar-refractivity contribution in [2.24, 2.45) is 0 Å². The van der Waals surface area contributed by atoms with E-state index in [0.717, 1.165) is 11.1 Å². The number of carbonyl (C=O) groups excluding carboxylic acids is 2. The second-order valence-corrected chi connectivity index (χ2v) is 6.88. The molecule has 2 rings (SSSR count). The maximum Gasteiger partial charge on any atom is 0.324 e. The number of carbonyl (C=O) groups is 2. The van der Waals surface area contributed by atoms with Crippen molar-refractivity contribution in [2.45, 2.75) is 18.7 Å². The van der Waals surface area contributed by atoms with Gasteiger partial charge in [-0.15, -0.1) is 4.83 Å². The fourth-order valence-electron chi connectivity index (χ4n) is 1.77. The summed E-state index contributed by atoms with van der Waals surface area (Å²) < 4.78 is 24.0. The summed E-state index contributed by atoms with van der Waals surface area (Å²) in [5.74, 6) is -2.10. The van der Waals surface area contributed by atoms with Crippen LogP contribution in [0.15, 0.2) is 53.4 Å². The molecular formula is C16H17N3O4S. The summed E-state index contributed by atoms with van der Waals surface area (Å²) in [4.78, 5) is 25.3. The molecule has 0 bridgehead atoms. The van der Waals surface area contributed by atoms with Gasteiger partial charge in [-0.3, -0.25) is 15.0 Å². The molecule has 0 fully saturated rings. The summed E-state index contributed by atoms with van der Waals surface area (Å²) in [5.41, 5.74) is 4.21. The van der Waals surface area contributed by atoms with Gasteiger partial charge in [-0.2, -0.15) is 0 Å². The maximum atomic E-state index is 12.0. The van der Waals surface area contributed by atoms with Crippen molar-refractivity contribution in [3.05, 3.63) is 59.7 Å². The number of sulfonamides is 1. The molecule has 0 saturated heterocycles. The van der Waals surface area contributed by atoms with E-state index in [9.17, 15) is 18.0 Å². The third-order valence-corrected chi connectivity index (χ3v) is 4.41. The lowest BCUT2D eigenvalue weighted by Crippen LogP contribution is -2.46. The molecule has 2 amide bonds. The van der Waals surface area contributed by atoms with Crippen LogP contribution in [-0.4, -0.2) is 20.2 Å². The van der Waals surface area contributed by atoms with Crippen LogP contribution in [0.2, 0.25) is 0 Å². The van der Waals surface area contributed by atoms with Gasteiger partial charge >= 0.3 is 11.8 Å². The molecule has 3 N–H and O–H groups in total. The van der Waals surface area contributed by atoms with E-state index in [-0.39, 0.29) is 4.90 Å². The number of aryl methyl sites for hydroxylation is 2. The minimum atomic E-state index is -3.95. The molecule has 0 aromatic heterocycles. The molecule has 2 aromatic rings. The topological polar surface area (TPSA) is 104 Å². The van der Waals surface area contributed by atoms with Gasteiger partial charge in [0.15, 0.2) is 0 Å². The molecule has 0 aliphatic rings. The molecule has 7 nitrogen and oxygen atoms in total. The number of hydrazine groups is 1. The Bertz CT molecular complexity index is 844. The number of benzene rings is 2. The third kappa shape index (κ3) is 4.64. The Morgan fingerprint density at radius 2 is 1.29 bits per heavy atom. The smallest absolute Gasteiger partial charge is 0.318 e. The average molecular weight is 347 g/mol. The molecule has 126 valence electrons. The number of nitrogens with one attached hydrogen (secondary N) is 3. The van der Waals surface area contributed by atoms with E-state index >= 15 is 0 Å². The van der Waals surface area contributed by atoms with Crippen molar-refractivity contribution in [1.82, 2.24) is 10.3 Å². The van der Waals surface area contributed by atoms with Crippen LogP contribution in [0.5, 0.6) is 0 Å². The van der Waals surface area contributed by atoms with E-state index in [4.69, 9.17) is 0 Å². The van der Waals surface area contributed by atoms with Crippen LogP contribution in [0.25, 0.3) is 0 Å². The van der Waals surface area contributed by atoms with E-state index in [1.54, 1.807) is 36.4 Å². The van der Waals surface area contributed by atoms with Crippen LogP contribution in [0.3, 0.4) is 0 Å². The van der Waals surface area contributed by atoms with Crippen molar-refractivity contribution < 1.29 is 18.0 Å². The summed E-state index contributed by atoms with van der Waals surface area (Å²) in [5, 5.41) is 2.37. The molecule has 8 heteroatoms. The highest BCUT2D eigenvalue weighted by Gasteiger charge is 2.18. The van der Waals surface area contributed by atoms with Crippen molar-refractivity contribution >= 4 is 27.5 Å². The zero-order valence-electron chi connectivity index (χ0n) is 13.2. The van der Waals surface area contributed by atoms with Crippen LogP contribution in [-0.2, 0) is 19.6 Å². The van der Waals surface area contributed by atoms with Crippen molar-refractivity contribution in [3.63, 3.8) is 0 Å². The lowest BCUT2D eigenvalue weighted by molar-refractivity contribution is -0.136. The third-order valence-electron chi connectivity index (χ3n) is 3.15. The minimum Gasteiger partial charge on any atom is -0.318 e. The van der Waals surface area contributed by atoms with Crippen molar-refractivity contribution in [3.8, 4) is 0 Å². The average Bonchev–Trinajstić information content (AvgIpc) is 2.55. The van der Waals surface area contributed by atoms with Gasteiger partial charge < -0.3 is 5.32 Å². The zero-order chi connectivity index (χ0) is 17.7. The van der Waals surface area contributed by atoms with E-state index in [0.29, 0.717) is 5.69 Å². The minimum absolute atomic E-state index is 0.0210. The molecule has 0 atom stereocenters. The Morgan fingerprint density at radius 3 is 1.83 bits per heavy atom. The van der Waals surface area contributed by atoms with Crippen LogP contribution < -0.4 is 15.6 Å². The Balaban J connectivity index is 1.95. The first-order valence-corrected chi connectivity index (χ1v) is 8.53. The fraction of sp³-hybridized carbons (Fsp3) is 0.125. The predicted molar refractivity (Wildman–Crippen MR) is 89.5 cm³/mol. The van der Waals surface area contributed by atoms with Crippen LogP contribution in [0.1, 0.15) is 11.1 Å². The summed E-state index contributed by atoms with van der Waals surface area (Å²) in [7, 11) is -3.95. The van der Waals surface area contributed by atoms with Crippen molar-refractivity contribution in [1.29, 1.82) is 0 Å². The number of hydrogen-bond acceptors (Lipinski definition) is 4. The first kappa shape index (κ1) is 17.6. The van der Waals surface area contributed by atoms with Crippen LogP contribution >= 0.6 is 0 Å². The summed E-state index contributed by atoms with van der Waals surface area (Å²) in [6.07, 6.45) is 0. The van der Waals surface area contributed by atoms with Gasteiger partial charge in [0.2, 0.25) is 0 Å². The highest BCUT2D eigenvalue weighted by Crippen LogP contribution is 2.09. The van der Waals surface area contributed by atoms with Crippen LogP contribution in [0.4, 0.5) is 5.69 Å². The van der Waals surface area contributed by atoms with Gasteiger partial charge in [-0.05, 0) is 38.1 Å². The molecule has 0 aliphatic heterocycles. The molecule has 2 aromatic carbocycles. The normalized spacial score (nSPS) is 10.9. The molecule has 24 heavy (non-hydrogen) atoms. The van der Waals surface area contributed by atoms with Crippen molar-refractivity contribution in [2.75, 3.05) is 5.32 Å². The van der Waals surface area contributed by atoms with E-state index in [1.165, 1.54) is 12.1 Å². The quantitative estimate of drug-likeness (QED) is 0.572. The zero-order valence-corrected chi connectivity index (χ0v) is 14.0. The first-order valence-electron chi connectivity index (χ1n) is 7.04. The number of anilines is 1. The first-order chi connectivity index (χ1) is 11.3. The lowest BCUT2D eigenvalue weighted by Gasteiger charge is -2.09. The summed E-state index contributed by atoms with van der Waals surface area (Å²) in [6.45, 7) is 3.71. The second-order valence-electron chi connectivity index (χ2n) is 5.19. The highest BCUT2D eigenvalue weighted by atomic mass is 32.2. The number of rotatable bonds is 4. The molecule has 0 saturated carbocycles. The van der Waals surface area contributed by atoms with Crippen LogP contribution in [0, 0.1) is 13.8 Å². The number of amides is 2. The highest BCUT2D eigenvalue weighted by molar-refractivity contribution is 7.89. The molecular weight excluding hydrogens is 330 g/mol. The standard InChI is InChI=1S/C16H17N3O4S/c1-11-3-7-13(8-4-11)17-15(20)16(21)18-19-24(22,23)14-9-5-12(2)6-10-14/h3-10,19H,1-2H3,(H,17,20)(H,18,21). The predicted octanol–water partition coefficient (Wildman–Crippen LogP) is 1.25. The summed E-state index contributed by atoms with van der Waals surface area (Å²) >= 11 is 0. The molecule has 0 spiro atoms. The Labute approximate surface area is 140 Å². The van der Waals surface area contributed by atoms with Gasteiger partial charge in [0.05, 0.1) is 4.90 Å². The Kier molecular flexibility index (Phi) is 5.32. The van der Waals surface area contributed by atoms with Gasteiger partial charge in [0.1, 0.15) is 0 Å². The molecule has 0 heterocycles. The summed E-state index contributed by atoms with van der Waals surface area (Å²) in [6, 6.07) is 12.9. The van der Waals surface area contributed by atoms with E-state index in [1.807, 2.05) is 24.1 Å². The van der Waals surface area contributed by atoms with Gasteiger partial charge in [-0.1, -0.05) is 35.4 Å². The van der Waals surface area contributed by atoms with Gasteiger partial charge in [0.25, 0.3) is 10.0 Å². The molecule has 0 aliphatic carbocycles. The van der Waals surface area contributed by atoms with E-state index < -0.39 is 21.8 Å². The fourth-order valence-corrected chi connectivity index (χ4v) is 2.61. The van der Waals surface area contributed by atoms with Gasteiger partial charge in [0, 0.05) is 5.69 Å². The maximum absolute atomic E-state index is 12.0. The molecule has 0 radical (unpaired) electrons.